The summed E-state index contributed by atoms with van der Waals surface area (Å²) in [6.45, 7) is 2.78. The molecule has 0 atom stereocenters. The monoisotopic (exact) mass is 188 g/mol. The molecule has 0 aliphatic carbocycles. The maximum Gasteiger partial charge on any atom is 0.0567 e. The van der Waals surface area contributed by atoms with Gasteiger partial charge in [0.25, 0.3) is 0 Å². The first-order chi connectivity index (χ1) is 6.86. The lowest BCUT2D eigenvalue weighted by Gasteiger charge is -2.06. The molecule has 4 heteroatoms. The summed E-state index contributed by atoms with van der Waals surface area (Å²) in [4.78, 5) is 4.03. The van der Waals surface area contributed by atoms with Gasteiger partial charge >= 0.3 is 0 Å². The summed E-state index contributed by atoms with van der Waals surface area (Å²) < 4.78 is 0. The van der Waals surface area contributed by atoms with Gasteiger partial charge in [0.2, 0.25) is 0 Å². The van der Waals surface area contributed by atoms with Gasteiger partial charge in [0.05, 0.1) is 12.2 Å². The number of nitrogens with one attached hydrogen (secondary N) is 2. The smallest absolute Gasteiger partial charge is 0.0567 e. The van der Waals surface area contributed by atoms with E-state index in [0.29, 0.717) is 0 Å². The van der Waals surface area contributed by atoms with Crippen LogP contribution in [0.3, 0.4) is 0 Å². The van der Waals surface area contributed by atoms with Gasteiger partial charge in [-0.1, -0.05) is 0 Å². The van der Waals surface area contributed by atoms with Crippen LogP contribution in [0.15, 0.2) is 30.7 Å². The maximum atomic E-state index is 4.03. The van der Waals surface area contributed by atoms with Crippen LogP contribution in [0.1, 0.15) is 11.3 Å². The van der Waals surface area contributed by atoms with Crippen molar-refractivity contribution >= 4 is 5.69 Å². The van der Waals surface area contributed by atoms with Crippen molar-refractivity contribution in [1.29, 1.82) is 0 Å². The van der Waals surface area contributed by atoms with E-state index in [2.05, 4.69) is 20.5 Å². The lowest BCUT2D eigenvalue weighted by molar-refractivity contribution is 0.979. The van der Waals surface area contributed by atoms with E-state index in [-0.39, 0.29) is 0 Å². The first kappa shape index (κ1) is 8.74. The van der Waals surface area contributed by atoms with E-state index in [1.54, 1.807) is 12.4 Å². The number of aromatic nitrogens is 3. The minimum absolute atomic E-state index is 0.755. The molecule has 0 bridgehead atoms. The Morgan fingerprint density at radius 3 is 3.00 bits per heavy atom. The van der Waals surface area contributed by atoms with Crippen molar-refractivity contribution in [2.45, 2.75) is 13.5 Å². The van der Waals surface area contributed by atoms with Crippen LogP contribution < -0.4 is 5.32 Å². The third kappa shape index (κ3) is 1.90. The summed E-state index contributed by atoms with van der Waals surface area (Å²) in [6.07, 6.45) is 5.37. The molecule has 2 rings (SSSR count). The SMILES string of the molecule is Cc1cnccc1NCc1ccn[nH]1. The lowest BCUT2D eigenvalue weighted by Crippen LogP contribution is -2.01. The molecule has 0 saturated carbocycles. The van der Waals surface area contributed by atoms with Crippen LogP contribution in [0.5, 0.6) is 0 Å². The number of anilines is 1. The van der Waals surface area contributed by atoms with E-state index in [4.69, 9.17) is 0 Å². The Morgan fingerprint density at radius 1 is 1.36 bits per heavy atom. The van der Waals surface area contributed by atoms with Gasteiger partial charge < -0.3 is 5.32 Å². The third-order valence-electron chi connectivity index (χ3n) is 2.05. The highest BCUT2D eigenvalue weighted by atomic mass is 15.1. The minimum atomic E-state index is 0.755. The highest BCUT2D eigenvalue weighted by Crippen LogP contribution is 2.12. The fourth-order valence-corrected chi connectivity index (χ4v) is 1.25. The van der Waals surface area contributed by atoms with Crippen LogP contribution in [-0.4, -0.2) is 15.2 Å². The van der Waals surface area contributed by atoms with Crippen LogP contribution in [0.4, 0.5) is 5.69 Å². The van der Waals surface area contributed by atoms with Crippen LogP contribution in [-0.2, 0) is 6.54 Å². The Hall–Kier alpha value is -1.84. The van der Waals surface area contributed by atoms with Crippen molar-refractivity contribution in [2.24, 2.45) is 0 Å². The number of hydrogen-bond acceptors (Lipinski definition) is 3. The van der Waals surface area contributed by atoms with Gasteiger partial charge in [0.15, 0.2) is 0 Å². The van der Waals surface area contributed by atoms with E-state index in [1.165, 1.54) is 0 Å². The second-order valence-electron chi connectivity index (χ2n) is 3.13. The number of rotatable bonds is 3. The summed E-state index contributed by atoms with van der Waals surface area (Å²) in [5.41, 5.74) is 3.32. The molecule has 14 heavy (non-hydrogen) atoms. The van der Waals surface area contributed by atoms with Crippen molar-refractivity contribution in [3.8, 4) is 0 Å². The Balaban J connectivity index is 2.02. The third-order valence-corrected chi connectivity index (χ3v) is 2.05. The van der Waals surface area contributed by atoms with Crippen LogP contribution in [0.25, 0.3) is 0 Å². The van der Waals surface area contributed by atoms with E-state index in [9.17, 15) is 0 Å². The molecule has 0 fully saturated rings. The maximum absolute atomic E-state index is 4.03. The molecule has 0 aliphatic heterocycles. The largest absolute Gasteiger partial charge is 0.379 e. The molecule has 2 aromatic heterocycles. The topological polar surface area (TPSA) is 53.6 Å². The fourth-order valence-electron chi connectivity index (χ4n) is 1.25. The molecule has 2 N–H and O–H groups in total. The van der Waals surface area contributed by atoms with E-state index < -0.39 is 0 Å². The van der Waals surface area contributed by atoms with Crippen LogP contribution in [0, 0.1) is 6.92 Å². The van der Waals surface area contributed by atoms with Gasteiger partial charge in [-0.25, -0.2) is 0 Å². The quantitative estimate of drug-likeness (QED) is 0.771. The number of pyridine rings is 1. The van der Waals surface area contributed by atoms with Gasteiger partial charge in [-0.3, -0.25) is 10.1 Å². The molecule has 0 amide bonds. The fraction of sp³-hybridized carbons (Fsp3) is 0.200. The Kier molecular flexibility index (Phi) is 2.44. The predicted molar refractivity (Wildman–Crippen MR) is 54.9 cm³/mol. The Morgan fingerprint density at radius 2 is 2.29 bits per heavy atom. The van der Waals surface area contributed by atoms with Gasteiger partial charge in [0, 0.05) is 24.3 Å². The van der Waals surface area contributed by atoms with Gasteiger partial charge in [0.1, 0.15) is 0 Å². The average Bonchev–Trinajstić information content (AvgIpc) is 2.69. The summed E-state index contributed by atoms with van der Waals surface area (Å²) in [7, 11) is 0. The minimum Gasteiger partial charge on any atom is -0.379 e. The Bertz CT molecular complexity index is 394. The molecule has 72 valence electrons. The lowest BCUT2D eigenvalue weighted by atomic mass is 10.2. The number of aromatic amines is 1. The Labute approximate surface area is 82.4 Å². The normalized spacial score (nSPS) is 10.1. The predicted octanol–water partition coefficient (Wildman–Crippen LogP) is 1.73. The molecule has 4 nitrogen and oxygen atoms in total. The second kappa shape index (κ2) is 3.91. The first-order valence-electron chi connectivity index (χ1n) is 4.49. The highest BCUT2D eigenvalue weighted by Gasteiger charge is 1.97. The molecule has 0 spiro atoms. The molecule has 0 aliphatic rings. The number of aryl methyl sites for hydroxylation is 1. The summed E-state index contributed by atoms with van der Waals surface area (Å²) >= 11 is 0. The zero-order valence-corrected chi connectivity index (χ0v) is 7.99. The van der Waals surface area contributed by atoms with Crippen molar-refractivity contribution in [1.82, 2.24) is 15.2 Å². The summed E-state index contributed by atoms with van der Waals surface area (Å²) in [6, 6.07) is 3.91. The number of H-pyrrole nitrogens is 1. The summed E-state index contributed by atoms with van der Waals surface area (Å²) in [5, 5.41) is 10.1. The second-order valence-corrected chi connectivity index (χ2v) is 3.13. The van der Waals surface area contributed by atoms with E-state index in [1.807, 2.05) is 25.3 Å². The average molecular weight is 188 g/mol. The molecule has 0 radical (unpaired) electrons. The molecular weight excluding hydrogens is 176 g/mol. The zero-order chi connectivity index (χ0) is 9.80. The highest BCUT2D eigenvalue weighted by molar-refractivity contribution is 5.48. The van der Waals surface area contributed by atoms with Crippen molar-refractivity contribution in [2.75, 3.05) is 5.32 Å². The first-order valence-corrected chi connectivity index (χ1v) is 4.49. The van der Waals surface area contributed by atoms with Crippen LogP contribution in [0.2, 0.25) is 0 Å². The van der Waals surface area contributed by atoms with E-state index >= 15 is 0 Å². The van der Waals surface area contributed by atoms with Crippen molar-refractivity contribution in [3.63, 3.8) is 0 Å². The van der Waals surface area contributed by atoms with Crippen molar-refractivity contribution in [3.05, 3.63) is 42.0 Å². The van der Waals surface area contributed by atoms with Gasteiger partial charge in [-0.05, 0) is 24.6 Å². The number of nitrogens with zero attached hydrogens (tertiary/aromatic N) is 2. The zero-order valence-electron chi connectivity index (χ0n) is 7.99. The molecular formula is C10H12N4. The van der Waals surface area contributed by atoms with Gasteiger partial charge in [-0.15, -0.1) is 0 Å². The molecule has 2 aromatic rings. The molecule has 0 saturated heterocycles. The molecule has 2 heterocycles. The standard InChI is InChI=1S/C10H12N4/c1-8-6-11-4-3-10(8)12-7-9-2-5-13-14-9/h2-6H,7H2,1H3,(H,11,12)(H,13,14). The number of hydrogen-bond donors (Lipinski definition) is 2. The van der Waals surface area contributed by atoms with Crippen molar-refractivity contribution < 1.29 is 0 Å². The van der Waals surface area contributed by atoms with E-state index in [0.717, 1.165) is 23.5 Å². The van der Waals surface area contributed by atoms with Crippen LogP contribution >= 0.6 is 0 Å². The molecule has 0 aromatic carbocycles. The summed E-state index contributed by atoms with van der Waals surface area (Å²) in [5.74, 6) is 0. The molecule has 0 unspecified atom stereocenters. The van der Waals surface area contributed by atoms with Gasteiger partial charge in [-0.2, -0.15) is 5.10 Å².